The molecule has 104 valence electrons. The van der Waals surface area contributed by atoms with E-state index in [2.05, 4.69) is 10.3 Å². The van der Waals surface area contributed by atoms with E-state index in [0.717, 1.165) is 5.69 Å². The highest BCUT2D eigenvalue weighted by Gasteiger charge is 2.24. The number of ether oxygens (including phenoxy) is 1. The summed E-state index contributed by atoms with van der Waals surface area (Å²) in [4.78, 5) is 14.1. The van der Waals surface area contributed by atoms with Gasteiger partial charge in [0.15, 0.2) is 5.69 Å². The summed E-state index contributed by atoms with van der Waals surface area (Å²) in [5.41, 5.74) is 1.25. The lowest BCUT2D eigenvalue weighted by atomic mass is 10.2. The molecule has 3 rings (SSSR count). The number of carbonyl (C=O) groups is 1. The maximum absolute atomic E-state index is 12.3. The van der Waals surface area contributed by atoms with Gasteiger partial charge in [0.05, 0.1) is 24.6 Å². The normalized spacial score (nSPS) is 19.1. The second-order valence-electron chi connectivity index (χ2n) is 4.82. The Labute approximate surface area is 117 Å². The van der Waals surface area contributed by atoms with Crippen LogP contribution in [0.1, 0.15) is 17.4 Å². The number of aromatic nitrogens is 3. The molecular weight excluding hydrogens is 256 g/mol. The van der Waals surface area contributed by atoms with Gasteiger partial charge in [0.25, 0.3) is 5.91 Å². The summed E-state index contributed by atoms with van der Waals surface area (Å²) in [6.07, 6.45) is 1.73. The Kier molecular flexibility index (Phi) is 3.47. The SMILES string of the molecule is CC1CN(C(=O)c2cn(-c3ccccc3)nn2)CCO1. The molecule has 2 heterocycles. The Bertz CT molecular complexity index is 596. The van der Waals surface area contributed by atoms with E-state index in [1.54, 1.807) is 15.8 Å². The number of morpholine rings is 1. The summed E-state index contributed by atoms with van der Waals surface area (Å²) in [6, 6.07) is 9.60. The molecule has 1 aliphatic heterocycles. The fourth-order valence-electron chi connectivity index (χ4n) is 2.23. The molecule has 20 heavy (non-hydrogen) atoms. The third-order valence-electron chi connectivity index (χ3n) is 3.26. The number of hydrogen-bond donors (Lipinski definition) is 0. The molecule has 0 spiro atoms. The van der Waals surface area contributed by atoms with Crippen molar-refractivity contribution in [1.29, 1.82) is 0 Å². The first kappa shape index (κ1) is 12.8. The topological polar surface area (TPSA) is 60.2 Å². The van der Waals surface area contributed by atoms with Gasteiger partial charge in [-0.15, -0.1) is 5.10 Å². The van der Waals surface area contributed by atoms with Crippen LogP contribution >= 0.6 is 0 Å². The number of rotatable bonds is 2. The highest BCUT2D eigenvalue weighted by molar-refractivity contribution is 5.92. The summed E-state index contributed by atoms with van der Waals surface area (Å²) in [5, 5.41) is 7.98. The van der Waals surface area contributed by atoms with Gasteiger partial charge in [0.2, 0.25) is 0 Å². The Morgan fingerprint density at radius 3 is 2.90 bits per heavy atom. The number of nitrogens with zero attached hydrogens (tertiary/aromatic N) is 4. The average molecular weight is 272 g/mol. The molecule has 1 amide bonds. The van der Waals surface area contributed by atoms with Crippen molar-refractivity contribution in [2.24, 2.45) is 0 Å². The van der Waals surface area contributed by atoms with Crippen LogP contribution in [-0.2, 0) is 4.74 Å². The zero-order valence-corrected chi connectivity index (χ0v) is 11.3. The summed E-state index contributed by atoms with van der Waals surface area (Å²) in [6.45, 7) is 3.72. The van der Waals surface area contributed by atoms with Crippen molar-refractivity contribution in [2.45, 2.75) is 13.0 Å². The van der Waals surface area contributed by atoms with Crippen LogP contribution in [0.5, 0.6) is 0 Å². The molecule has 6 nitrogen and oxygen atoms in total. The lowest BCUT2D eigenvalue weighted by Crippen LogP contribution is -2.44. The highest BCUT2D eigenvalue weighted by Crippen LogP contribution is 2.10. The third-order valence-corrected chi connectivity index (χ3v) is 3.26. The van der Waals surface area contributed by atoms with E-state index in [1.807, 2.05) is 37.3 Å². The average Bonchev–Trinajstić information content (AvgIpc) is 2.97. The minimum absolute atomic E-state index is 0.0665. The summed E-state index contributed by atoms with van der Waals surface area (Å²) in [7, 11) is 0. The lowest BCUT2D eigenvalue weighted by molar-refractivity contribution is -0.0126. The van der Waals surface area contributed by atoms with E-state index in [4.69, 9.17) is 4.74 Å². The molecule has 1 aliphatic rings. The van der Waals surface area contributed by atoms with Gasteiger partial charge in [-0.25, -0.2) is 4.68 Å². The molecule has 1 fully saturated rings. The van der Waals surface area contributed by atoms with Crippen molar-refractivity contribution in [3.63, 3.8) is 0 Å². The standard InChI is InChI=1S/C14H16N4O2/c1-11-9-17(7-8-20-11)14(19)13-10-18(16-15-13)12-5-3-2-4-6-12/h2-6,10-11H,7-9H2,1H3. The van der Waals surface area contributed by atoms with Crippen LogP contribution in [0.25, 0.3) is 5.69 Å². The van der Waals surface area contributed by atoms with Crippen LogP contribution in [0.2, 0.25) is 0 Å². The van der Waals surface area contributed by atoms with Gasteiger partial charge in [-0.2, -0.15) is 0 Å². The molecule has 0 radical (unpaired) electrons. The fraction of sp³-hybridized carbons (Fsp3) is 0.357. The van der Waals surface area contributed by atoms with Gasteiger partial charge in [-0.1, -0.05) is 23.4 Å². The van der Waals surface area contributed by atoms with Crippen molar-refractivity contribution in [3.8, 4) is 5.69 Å². The Hall–Kier alpha value is -2.21. The van der Waals surface area contributed by atoms with E-state index in [-0.39, 0.29) is 12.0 Å². The minimum atomic E-state index is -0.0951. The van der Waals surface area contributed by atoms with Crippen LogP contribution in [0.3, 0.4) is 0 Å². The van der Waals surface area contributed by atoms with Gasteiger partial charge in [0.1, 0.15) is 0 Å². The predicted octanol–water partition coefficient (Wildman–Crippen LogP) is 1.13. The number of hydrogen-bond acceptors (Lipinski definition) is 4. The molecule has 1 unspecified atom stereocenters. The first-order chi connectivity index (χ1) is 9.74. The number of benzene rings is 1. The molecular formula is C14H16N4O2. The smallest absolute Gasteiger partial charge is 0.276 e. The highest BCUT2D eigenvalue weighted by atomic mass is 16.5. The van der Waals surface area contributed by atoms with E-state index in [0.29, 0.717) is 25.4 Å². The number of carbonyl (C=O) groups excluding carboxylic acids is 1. The second-order valence-corrected chi connectivity index (χ2v) is 4.82. The Balaban J connectivity index is 1.78. The van der Waals surface area contributed by atoms with Crippen LogP contribution < -0.4 is 0 Å². The number of amides is 1. The largest absolute Gasteiger partial charge is 0.375 e. The molecule has 6 heteroatoms. The van der Waals surface area contributed by atoms with Gasteiger partial charge in [-0.05, 0) is 19.1 Å². The first-order valence-electron chi connectivity index (χ1n) is 6.62. The third kappa shape index (κ3) is 2.55. The lowest BCUT2D eigenvalue weighted by Gasteiger charge is -2.30. The zero-order chi connectivity index (χ0) is 13.9. The minimum Gasteiger partial charge on any atom is -0.375 e. The molecule has 1 aromatic heterocycles. The Morgan fingerprint density at radius 1 is 1.35 bits per heavy atom. The molecule has 2 aromatic rings. The molecule has 1 aromatic carbocycles. The van der Waals surface area contributed by atoms with Crippen LogP contribution in [-0.4, -0.2) is 51.6 Å². The molecule has 0 saturated carbocycles. The predicted molar refractivity (Wildman–Crippen MR) is 72.7 cm³/mol. The number of para-hydroxylation sites is 1. The maximum atomic E-state index is 12.3. The quantitative estimate of drug-likeness (QED) is 0.822. The van der Waals surface area contributed by atoms with E-state index < -0.39 is 0 Å². The second kappa shape index (κ2) is 5.42. The fourth-order valence-corrected chi connectivity index (χ4v) is 2.23. The van der Waals surface area contributed by atoms with Crippen LogP contribution in [0, 0.1) is 0 Å². The monoisotopic (exact) mass is 272 g/mol. The molecule has 0 aliphatic carbocycles. The summed E-state index contributed by atoms with van der Waals surface area (Å²) < 4.78 is 7.04. The van der Waals surface area contributed by atoms with Gasteiger partial charge >= 0.3 is 0 Å². The zero-order valence-electron chi connectivity index (χ0n) is 11.3. The van der Waals surface area contributed by atoms with Crippen molar-refractivity contribution in [2.75, 3.05) is 19.7 Å². The Morgan fingerprint density at radius 2 is 2.15 bits per heavy atom. The van der Waals surface area contributed by atoms with Gasteiger partial charge in [-0.3, -0.25) is 4.79 Å². The van der Waals surface area contributed by atoms with Crippen molar-refractivity contribution >= 4 is 5.91 Å². The molecule has 0 bridgehead atoms. The van der Waals surface area contributed by atoms with Crippen molar-refractivity contribution < 1.29 is 9.53 Å². The van der Waals surface area contributed by atoms with Crippen molar-refractivity contribution in [3.05, 3.63) is 42.2 Å². The van der Waals surface area contributed by atoms with E-state index in [9.17, 15) is 4.79 Å². The van der Waals surface area contributed by atoms with Crippen LogP contribution in [0.4, 0.5) is 0 Å². The van der Waals surface area contributed by atoms with Crippen LogP contribution in [0.15, 0.2) is 36.5 Å². The van der Waals surface area contributed by atoms with E-state index >= 15 is 0 Å². The first-order valence-corrected chi connectivity index (χ1v) is 6.62. The molecule has 1 atom stereocenters. The van der Waals surface area contributed by atoms with E-state index in [1.165, 1.54) is 0 Å². The maximum Gasteiger partial charge on any atom is 0.276 e. The summed E-state index contributed by atoms with van der Waals surface area (Å²) >= 11 is 0. The molecule has 0 N–H and O–H groups in total. The van der Waals surface area contributed by atoms with Gasteiger partial charge in [0, 0.05) is 13.1 Å². The van der Waals surface area contributed by atoms with Gasteiger partial charge < -0.3 is 9.64 Å². The van der Waals surface area contributed by atoms with Crippen molar-refractivity contribution in [1.82, 2.24) is 19.9 Å². The molecule has 1 saturated heterocycles. The summed E-state index contributed by atoms with van der Waals surface area (Å²) in [5.74, 6) is -0.0951.